The lowest BCUT2D eigenvalue weighted by atomic mass is 9.88. The van der Waals surface area contributed by atoms with Crippen molar-refractivity contribution in [2.75, 3.05) is 36.4 Å². The van der Waals surface area contributed by atoms with Gasteiger partial charge in [0.05, 0.1) is 0 Å². The molecule has 3 amide bonds. The third-order valence-electron chi connectivity index (χ3n) is 7.73. The van der Waals surface area contributed by atoms with Crippen LogP contribution < -0.4 is 15.5 Å². The molecule has 2 N–H and O–H groups in total. The lowest BCUT2D eigenvalue weighted by molar-refractivity contribution is -0.124. The number of carbonyl (C=O) groups is 2. The molecule has 2 unspecified atom stereocenters. The van der Waals surface area contributed by atoms with Crippen LogP contribution in [0.5, 0.6) is 0 Å². The number of urea groups is 1. The van der Waals surface area contributed by atoms with E-state index in [1.165, 1.54) is 6.42 Å². The van der Waals surface area contributed by atoms with Gasteiger partial charge in [-0.15, -0.1) is 0 Å². The third-order valence-corrected chi connectivity index (χ3v) is 7.73. The Kier molecular flexibility index (Phi) is 9.55. The molecule has 8 heteroatoms. The van der Waals surface area contributed by atoms with Crippen molar-refractivity contribution in [1.82, 2.24) is 15.3 Å². The molecule has 1 aliphatic carbocycles. The van der Waals surface area contributed by atoms with Gasteiger partial charge in [0.2, 0.25) is 0 Å². The summed E-state index contributed by atoms with van der Waals surface area (Å²) in [4.78, 5) is 31.0. The molecular formula is C29H40N5O3-. The molecule has 1 saturated carbocycles. The van der Waals surface area contributed by atoms with E-state index in [1.54, 1.807) is 17.0 Å². The average molecular weight is 507 g/mol. The smallest absolute Gasteiger partial charge is 0.320 e. The van der Waals surface area contributed by atoms with Crippen LogP contribution >= 0.6 is 0 Å². The average Bonchev–Trinajstić information content (AvgIpc) is 3.00. The molecule has 1 fully saturated rings. The van der Waals surface area contributed by atoms with E-state index in [0.29, 0.717) is 24.6 Å². The Morgan fingerprint density at radius 1 is 1.00 bits per heavy atom. The second kappa shape index (κ2) is 13.0. The summed E-state index contributed by atoms with van der Waals surface area (Å²) >= 11 is 0. The van der Waals surface area contributed by atoms with Gasteiger partial charge in [0.1, 0.15) is 0 Å². The number of hydroxylamine groups is 2. The summed E-state index contributed by atoms with van der Waals surface area (Å²) in [5.41, 5.74) is 2.23. The van der Waals surface area contributed by atoms with Crippen LogP contribution in [-0.4, -0.2) is 54.2 Å². The third kappa shape index (κ3) is 6.69. The predicted octanol–water partition coefficient (Wildman–Crippen LogP) is 5.33. The maximum absolute atomic E-state index is 14.0. The van der Waals surface area contributed by atoms with Crippen molar-refractivity contribution in [3.05, 3.63) is 65.4 Å². The van der Waals surface area contributed by atoms with Gasteiger partial charge in [-0.1, -0.05) is 69.5 Å². The van der Waals surface area contributed by atoms with Crippen LogP contribution in [0.3, 0.4) is 0 Å². The minimum Gasteiger partial charge on any atom is -0.783 e. The second-order valence-corrected chi connectivity index (χ2v) is 10.1. The van der Waals surface area contributed by atoms with Crippen molar-refractivity contribution in [2.45, 2.75) is 64.6 Å². The van der Waals surface area contributed by atoms with Crippen molar-refractivity contribution >= 4 is 23.3 Å². The number of nitrogens with one attached hydrogen (secondary N) is 2. The van der Waals surface area contributed by atoms with Crippen LogP contribution in [0, 0.1) is 11.1 Å². The summed E-state index contributed by atoms with van der Waals surface area (Å²) in [7, 11) is 0. The first-order valence-electron chi connectivity index (χ1n) is 13.7. The number of anilines is 2. The first kappa shape index (κ1) is 27.1. The molecule has 8 nitrogen and oxygen atoms in total. The zero-order valence-electron chi connectivity index (χ0n) is 22.1. The van der Waals surface area contributed by atoms with Gasteiger partial charge in [-0.05, 0) is 68.6 Å². The highest BCUT2D eigenvalue weighted by Gasteiger charge is 2.38. The Balaban J connectivity index is 1.65. The van der Waals surface area contributed by atoms with Crippen LogP contribution in [0.25, 0.3) is 0 Å². The quantitative estimate of drug-likeness (QED) is 0.479. The van der Waals surface area contributed by atoms with Crippen LogP contribution in [0.4, 0.5) is 16.2 Å². The van der Waals surface area contributed by atoms with E-state index >= 15 is 0 Å². The summed E-state index contributed by atoms with van der Waals surface area (Å²) < 4.78 is 0. The second-order valence-electron chi connectivity index (χ2n) is 10.1. The molecule has 0 bridgehead atoms. The minimum absolute atomic E-state index is 0.374. The molecule has 200 valence electrons. The summed E-state index contributed by atoms with van der Waals surface area (Å²) in [5.74, 6) is 0.0125. The Morgan fingerprint density at radius 2 is 1.68 bits per heavy atom. The Morgan fingerprint density at radius 3 is 2.38 bits per heavy atom. The normalized spacial score (nSPS) is 21.0. The number of fused-ring (bicyclic) bond motifs is 1. The van der Waals surface area contributed by atoms with Gasteiger partial charge in [0, 0.05) is 24.0 Å². The van der Waals surface area contributed by atoms with Gasteiger partial charge in [0.15, 0.2) is 6.17 Å². The highest BCUT2D eigenvalue weighted by atomic mass is 16.5. The lowest BCUT2D eigenvalue weighted by Crippen LogP contribution is -2.57. The van der Waals surface area contributed by atoms with Crippen molar-refractivity contribution in [2.24, 2.45) is 5.92 Å². The summed E-state index contributed by atoms with van der Waals surface area (Å²) in [6.45, 7) is 7.27. The van der Waals surface area contributed by atoms with Crippen LogP contribution in [0.15, 0.2) is 54.6 Å². The minimum atomic E-state index is -1.32. The van der Waals surface area contributed by atoms with Gasteiger partial charge >= 0.3 is 6.03 Å². The Hall–Kier alpha value is -2.94. The van der Waals surface area contributed by atoms with Crippen LogP contribution in [-0.2, 0) is 4.79 Å². The Labute approximate surface area is 220 Å². The van der Waals surface area contributed by atoms with Crippen LogP contribution in [0.2, 0.25) is 0 Å². The largest absolute Gasteiger partial charge is 0.783 e. The van der Waals surface area contributed by atoms with Gasteiger partial charge in [-0.25, -0.2) is 4.79 Å². The number of benzene rings is 2. The topological polar surface area (TPSA) is 91.0 Å². The van der Waals surface area contributed by atoms with E-state index in [-0.39, 0.29) is 5.91 Å². The molecule has 1 aliphatic heterocycles. The van der Waals surface area contributed by atoms with Crippen molar-refractivity contribution < 1.29 is 9.59 Å². The first-order chi connectivity index (χ1) is 18.0. The summed E-state index contributed by atoms with van der Waals surface area (Å²) in [6.07, 6.45) is 4.95. The number of nitrogens with zero attached hydrogens (tertiary/aromatic N) is 3. The highest BCUT2D eigenvalue weighted by Crippen LogP contribution is 2.38. The van der Waals surface area contributed by atoms with Crippen LogP contribution in [0.1, 0.15) is 64.0 Å². The number of para-hydroxylation sites is 2. The molecule has 2 aromatic rings. The predicted molar refractivity (Wildman–Crippen MR) is 148 cm³/mol. The molecule has 2 atom stereocenters. The lowest BCUT2D eigenvalue weighted by Gasteiger charge is -2.41. The van der Waals surface area contributed by atoms with E-state index in [2.05, 4.69) is 29.4 Å². The molecule has 2 aromatic carbocycles. The van der Waals surface area contributed by atoms with Gasteiger partial charge < -0.3 is 30.7 Å². The molecule has 0 radical (unpaired) electrons. The molecule has 0 aromatic heterocycles. The van der Waals surface area contributed by atoms with Gasteiger partial charge in [-0.3, -0.25) is 4.79 Å². The molecule has 2 aliphatic rings. The standard InChI is InChI=1S/C29H40N5O3/c1-3-32(4-2)20-19-26-24-17-11-12-18-25(24)33(21-22-13-7-5-8-14-22)28(35)27(34(26)37)31-29(36)30-23-15-9-6-10-16-23/h6,9-12,15-18,22,26-27H,3-5,7-8,13-14,19-21H2,1-2H3,(H2,30,31,36)/q-1. The summed E-state index contributed by atoms with van der Waals surface area (Å²) in [5, 5.41) is 20.2. The number of hydrogen-bond donors (Lipinski definition) is 2. The molecule has 4 rings (SSSR count). The fraction of sp³-hybridized carbons (Fsp3) is 0.517. The van der Waals surface area contributed by atoms with Crippen molar-refractivity contribution in [1.29, 1.82) is 0 Å². The van der Waals surface area contributed by atoms with E-state index < -0.39 is 18.2 Å². The van der Waals surface area contributed by atoms with Gasteiger partial charge in [-0.2, -0.15) is 0 Å². The maximum atomic E-state index is 14.0. The number of rotatable bonds is 9. The Bertz CT molecular complexity index is 1020. The fourth-order valence-electron chi connectivity index (χ4n) is 5.59. The molecule has 1 heterocycles. The van der Waals surface area contributed by atoms with E-state index in [9.17, 15) is 14.8 Å². The SMILES string of the molecule is CCN(CC)CCC1c2ccccc2N(CC2CCCCC2)C(=O)C(NC(=O)Nc2ccccc2)N1[O-]. The number of amides is 3. The first-order valence-corrected chi connectivity index (χ1v) is 13.7. The molecular weight excluding hydrogens is 466 g/mol. The van der Waals surface area contributed by atoms with E-state index in [0.717, 1.165) is 61.6 Å². The zero-order valence-corrected chi connectivity index (χ0v) is 22.1. The maximum Gasteiger partial charge on any atom is 0.320 e. The van der Waals surface area contributed by atoms with Crippen molar-refractivity contribution in [3.63, 3.8) is 0 Å². The molecule has 0 saturated heterocycles. The molecule has 0 spiro atoms. The number of hydrogen-bond acceptors (Lipinski definition) is 5. The number of carbonyl (C=O) groups excluding carboxylic acids is 2. The zero-order chi connectivity index (χ0) is 26.2. The van der Waals surface area contributed by atoms with E-state index in [4.69, 9.17) is 0 Å². The highest BCUT2D eigenvalue weighted by molar-refractivity contribution is 6.01. The van der Waals surface area contributed by atoms with Gasteiger partial charge in [0.25, 0.3) is 5.91 Å². The molecule has 37 heavy (non-hydrogen) atoms. The monoisotopic (exact) mass is 506 g/mol. The van der Waals surface area contributed by atoms with E-state index in [1.807, 2.05) is 42.5 Å². The van der Waals surface area contributed by atoms with Crippen molar-refractivity contribution in [3.8, 4) is 0 Å². The fourth-order valence-corrected chi connectivity index (χ4v) is 5.59. The summed E-state index contributed by atoms with van der Waals surface area (Å²) in [6, 6.07) is 15.7.